The Morgan fingerprint density at radius 3 is 2.58 bits per heavy atom. The van der Waals surface area contributed by atoms with Gasteiger partial charge in [-0.15, -0.1) is 11.3 Å². The van der Waals surface area contributed by atoms with E-state index in [1.54, 1.807) is 11.0 Å². The average molecular weight is 365 g/mol. The molecule has 0 aliphatic carbocycles. The molecule has 0 bridgehead atoms. The Morgan fingerprint density at radius 1 is 1.21 bits per heavy atom. The van der Waals surface area contributed by atoms with Gasteiger partial charge in [0, 0.05) is 16.4 Å². The summed E-state index contributed by atoms with van der Waals surface area (Å²) in [6, 6.07) is 11.2. The van der Waals surface area contributed by atoms with Gasteiger partial charge in [-0.3, -0.25) is 9.59 Å². The Hall–Kier alpha value is -1.89. The zero-order valence-corrected chi connectivity index (χ0v) is 14.6. The number of benzene rings is 1. The Labute approximate surface area is 149 Å². The first kappa shape index (κ1) is 17.0. The second kappa shape index (κ2) is 6.93. The summed E-state index contributed by atoms with van der Waals surface area (Å²) in [7, 11) is 0. The van der Waals surface area contributed by atoms with Gasteiger partial charge in [0.15, 0.2) is 6.10 Å². The fourth-order valence-electron chi connectivity index (χ4n) is 2.65. The van der Waals surface area contributed by atoms with Gasteiger partial charge in [-0.05, 0) is 36.8 Å². The van der Waals surface area contributed by atoms with E-state index in [0.717, 1.165) is 10.4 Å². The Bertz CT molecular complexity index is 759. The van der Waals surface area contributed by atoms with Crippen LogP contribution < -0.4 is 5.73 Å². The van der Waals surface area contributed by atoms with Crippen LogP contribution in [0.3, 0.4) is 0 Å². The van der Waals surface area contributed by atoms with Gasteiger partial charge in [0.25, 0.3) is 5.91 Å². The summed E-state index contributed by atoms with van der Waals surface area (Å²) in [5.74, 6) is -0.658. The van der Waals surface area contributed by atoms with Crippen molar-refractivity contribution in [3.8, 4) is 10.4 Å². The summed E-state index contributed by atoms with van der Waals surface area (Å²) >= 11 is 7.32. The minimum Gasteiger partial charge on any atom is -0.367 e. The van der Waals surface area contributed by atoms with Crippen molar-refractivity contribution in [3.05, 3.63) is 46.3 Å². The molecule has 1 aliphatic rings. The highest BCUT2D eigenvalue weighted by Gasteiger charge is 2.32. The van der Waals surface area contributed by atoms with Crippen molar-refractivity contribution in [2.24, 2.45) is 5.73 Å². The van der Waals surface area contributed by atoms with Gasteiger partial charge in [-0.2, -0.15) is 0 Å². The minimum absolute atomic E-state index is 0.110. The second-order valence-corrected chi connectivity index (χ2v) is 7.24. The van der Waals surface area contributed by atoms with Crippen molar-refractivity contribution in [1.82, 2.24) is 4.90 Å². The van der Waals surface area contributed by atoms with Crippen molar-refractivity contribution < 1.29 is 14.3 Å². The van der Waals surface area contributed by atoms with E-state index >= 15 is 0 Å². The molecular formula is C17H17ClN2O3S. The van der Waals surface area contributed by atoms with E-state index in [2.05, 4.69) is 0 Å². The molecule has 2 heterocycles. The third kappa shape index (κ3) is 3.61. The SMILES string of the molecule is CC1CN(C(=O)c2ccc(-c3ccc(Cl)cc3)s2)CC(C(N)=O)O1. The molecule has 24 heavy (non-hydrogen) atoms. The van der Waals surface area contributed by atoms with Gasteiger partial charge >= 0.3 is 0 Å². The number of rotatable bonds is 3. The van der Waals surface area contributed by atoms with Crippen molar-refractivity contribution in [2.45, 2.75) is 19.1 Å². The summed E-state index contributed by atoms with van der Waals surface area (Å²) in [5.41, 5.74) is 6.32. The smallest absolute Gasteiger partial charge is 0.264 e. The number of amides is 2. The molecule has 1 aliphatic heterocycles. The van der Waals surface area contributed by atoms with Crippen LogP contribution >= 0.6 is 22.9 Å². The second-order valence-electron chi connectivity index (χ2n) is 5.72. The van der Waals surface area contributed by atoms with Crippen LogP contribution in [0.5, 0.6) is 0 Å². The third-order valence-electron chi connectivity index (χ3n) is 3.81. The van der Waals surface area contributed by atoms with Crippen LogP contribution in [0.25, 0.3) is 10.4 Å². The molecule has 0 radical (unpaired) electrons. The molecule has 2 aromatic rings. The third-order valence-corrected chi connectivity index (χ3v) is 5.18. The number of nitrogens with zero attached hydrogens (tertiary/aromatic N) is 1. The summed E-state index contributed by atoms with van der Waals surface area (Å²) in [5, 5.41) is 0.673. The maximum atomic E-state index is 12.7. The monoisotopic (exact) mass is 364 g/mol. The Kier molecular flexibility index (Phi) is 4.89. The number of hydrogen-bond acceptors (Lipinski definition) is 4. The van der Waals surface area contributed by atoms with E-state index in [9.17, 15) is 9.59 Å². The summed E-state index contributed by atoms with van der Waals surface area (Å²) in [4.78, 5) is 27.3. The van der Waals surface area contributed by atoms with E-state index in [-0.39, 0.29) is 18.6 Å². The molecule has 1 aromatic heterocycles. The number of morpholine rings is 1. The van der Waals surface area contributed by atoms with Gasteiger partial charge in [0.05, 0.1) is 17.5 Å². The highest BCUT2D eigenvalue weighted by Crippen LogP contribution is 2.30. The van der Waals surface area contributed by atoms with E-state index in [4.69, 9.17) is 22.1 Å². The number of nitrogens with two attached hydrogens (primary N) is 1. The number of hydrogen-bond donors (Lipinski definition) is 1. The molecule has 2 atom stereocenters. The van der Waals surface area contributed by atoms with Crippen LogP contribution in [0.2, 0.25) is 5.02 Å². The molecule has 0 saturated carbocycles. The van der Waals surface area contributed by atoms with Crippen LogP contribution in [-0.4, -0.2) is 42.0 Å². The van der Waals surface area contributed by atoms with Crippen molar-refractivity contribution in [1.29, 1.82) is 0 Å². The molecular weight excluding hydrogens is 348 g/mol. The van der Waals surface area contributed by atoms with Crippen LogP contribution in [0, 0.1) is 0 Å². The van der Waals surface area contributed by atoms with Gasteiger partial charge < -0.3 is 15.4 Å². The molecule has 2 N–H and O–H groups in total. The predicted octanol–water partition coefficient (Wildman–Crippen LogP) is 2.78. The van der Waals surface area contributed by atoms with E-state index in [0.29, 0.717) is 16.4 Å². The van der Waals surface area contributed by atoms with E-state index in [1.165, 1.54) is 11.3 Å². The van der Waals surface area contributed by atoms with Gasteiger partial charge in [0.1, 0.15) is 0 Å². The molecule has 1 saturated heterocycles. The number of halogens is 1. The molecule has 7 heteroatoms. The quantitative estimate of drug-likeness (QED) is 0.910. The van der Waals surface area contributed by atoms with Gasteiger partial charge in [0.2, 0.25) is 5.91 Å². The lowest BCUT2D eigenvalue weighted by molar-refractivity contribution is -0.140. The maximum absolute atomic E-state index is 12.7. The molecule has 3 rings (SSSR count). The highest BCUT2D eigenvalue weighted by atomic mass is 35.5. The molecule has 2 unspecified atom stereocenters. The fourth-order valence-corrected chi connectivity index (χ4v) is 3.76. The van der Waals surface area contributed by atoms with Gasteiger partial charge in [-0.25, -0.2) is 0 Å². The minimum atomic E-state index is -0.756. The van der Waals surface area contributed by atoms with E-state index in [1.807, 2.05) is 37.3 Å². The molecule has 5 nitrogen and oxygen atoms in total. The highest BCUT2D eigenvalue weighted by molar-refractivity contribution is 7.17. The number of primary amides is 1. The predicted molar refractivity (Wildman–Crippen MR) is 94.2 cm³/mol. The Morgan fingerprint density at radius 2 is 1.92 bits per heavy atom. The largest absolute Gasteiger partial charge is 0.367 e. The van der Waals surface area contributed by atoms with Crippen LogP contribution in [0.4, 0.5) is 0 Å². The molecule has 1 aromatic carbocycles. The van der Waals surface area contributed by atoms with Crippen LogP contribution in [0.15, 0.2) is 36.4 Å². The lowest BCUT2D eigenvalue weighted by Crippen LogP contribution is -2.53. The van der Waals surface area contributed by atoms with Crippen molar-refractivity contribution in [3.63, 3.8) is 0 Å². The number of carbonyl (C=O) groups excluding carboxylic acids is 2. The molecule has 1 fully saturated rings. The zero-order valence-electron chi connectivity index (χ0n) is 13.1. The first-order valence-electron chi connectivity index (χ1n) is 7.54. The standard InChI is InChI=1S/C17H17ClN2O3S/c1-10-8-20(9-13(23-10)16(19)21)17(22)15-7-6-14(24-15)11-2-4-12(18)5-3-11/h2-7,10,13H,8-9H2,1H3,(H2,19,21). The van der Waals surface area contributed by atoms with E-state index < -0.39 is 12.0 Å². The zero-order chi connectivity index (χ0) is 17.3. The lowest BCUT2D eigenvalue weighted by atomic mass is 10.2. The summed E-state index contributed by atoms with van der Waals surface area (Å²) in [6.45, 7) is 2.45. The normalized spacial score (nSPS) is 20.8. The number of thiophene rings is 1. The van der Waals surface area contributed by atoms with Gasteiger partial charge in [-0.1, -0.05) is 23.7 Å². The van der Waals surface area contributed by atoms with Crippen molar-refractivity contribution in [2.75, 3.05) is 13.1 Å². The first-order chi connectivity index (χ1) is 11.4. The first-order valence-corrected chi connectivity index (χ1v) is 8.73. The fraction of sp³-hybridized carbons (Fsp3) is 0.294. The van der Waals surface area contributed by atoms with Crippen molar-refractivity contribution >= 4 is 34.8 Å². The maximum Gasteiger partial charge on any atom is 0.264 e. The van der Waals surface area contributed by atoms with Crippen LogP contribution in [-0.2, 0) is 9.53 Å². The molecule has 0 spiro atoms. The summed E-state index contributed by atoms with van der Waals surface area (Å²) < 4.78 is 5.47. The topological polar surface area (TPSA) is 72.6 Å². The molecule has 2 amide bonds. The molecule has 126 valence electrons. The average Bonchev–Trinajstić information content (AvgIpc) is 3.04. The lowest BCUT2D eigenvalue weighted by Gasteiger charge is -2.35. The van der Waals surface area contributed by atoms with Crippen LogP contribution in [0.1, 0.15) is 16.6 Å². The number of ether oxygens (including phenoxy) is 1. The summed E-state index contributed by atoms with van der Waals surface area (Å²) in [6.07, 6.45) is -0.982. The Balaban J connectivity index is 1.78. The number of carbonyl (C=O) groups is 2.